The molecule has 0 spiro atoms. The highest BCUT2D eigenvalue weighted by Gasteiger charge is 2.25. The van der Waals surface area contributed by atoms with Crippen molar-refractivity contribution in [2.75, 3.05) is 13.7 Å². The Balaban J connectivity index is 1.96. The molecule has 1 N–H and O–H groups in total. The SMILES string of the molecule is CCc1nc(C(C)NC2CC2)cc2c1c(F)cn2CCCOC. The molecule has 4 nitrogen and oxygen atoms in total. The fraction of sp³-hybridized carbons (Fsp3) is 0.611. The monoisotopic (exact) mass is 319 g/mol. The Labute approximate surface area is 137 Å². The summed E-state index contributed by atoms with van der Waals surface area (Å²) >= 11 is 0. The minimum atomic E-state index is -0.170. The predicted molar refractivity (Wildman–Crippen MR) is 90.1 cm³/mol. The zero-order valence-corrected chi connectivity index (χ0v) is 14.2. The summed E-state index contributed by atoms with van der Waals surface area (Å²) in [4.78, 5) is 4.73. The molecule has 2 aromatic heterocycles. The lowest BCUT2D eigenvalue weighted by Crippen LogP contribution is -2.22. The lowest BCUT2D eigenvalue weighted by Gasteiger charge is -2.15. The smallest absolute Gasteiger partial charge is 0.150 e. The van der Waals surface area contributed by atoms with E-state index in [0.29, 0.717) is 18.0 Å². The number of methoxy groups -OCH3 is 1. The molecule has 0 amide bonds. The quantitative estimate of drug-likeness (QED) is 0.756. The summed E-state index contributed by atoms with van der Waals surface area (Å²) in [6, 6.07) is 2.87. The minimum absolute atomic E-state index is 0.170. The lowest BCUT2D eigenvalue weighted by atomic mass is 10.1. The lowest BCUT2D eigenvalue weighted by molar-refractivity contribution is 0.190. The van der Waals surface area contributed by atoms with Crippen LogP contribution in [0.1, 0.15) is 50.5 Å². The van der Waals surface area contributed by atoms with Crippen LogP contribution in [0.25, 0.3) is 10.9 Å². The largest absolute Gasteiger partial charge is 0.385 e. The maximum atomic E-state index is 14.4. The third-order valence-corrected chi connectivity index (χ3v) is 4.50. The van der Waals surface area contributed by atoms with Gasteiger partial charge in [-0.05, 0) is 38.7 Å². The molecule has 126 valence electrons. The normalized spacial score (nSPS) is 16.2. The van der Waals surface area contributed by atoms with Crippen molar-refractivity contribution in [3.8, 4) is 0 Å². The van der Waals surface area contributed by atoms with E-state index in [9.17, 15) is 4.39 Å². The Kier molecular flexibility index (Phi) is 4.97. The van der Waals surface area contributed by atoms with Crippen molar-refractivity contribution >= 4 is 10.9 Å². The van der Waals surface area contributed by atoms with Crippen molar-refractivity contribution in [3.63, 3.8) is 0 Å². The van der Waals surface area contributed by atoms with E-state index in [0.717, 1.165) is 36.3 Å². The van der Waals surface area contributed by atoms with Gasteiger partial charge in [0, 0.05) is 38.5 Å². The van der Waals surface area contributed by atoms with E-state index < -0.39 is 0 Å². The van der Waals surface area contributed by atoms with Gasteiger partial charge >= 0.3 is 0 Å². The highest BCUT2D eigenvalue weighted by atomic mass is 19.1. The van der Waals surface area contributed by atoms with Gasteiger partial charge in [0.25, 0.3) is 0 Å². The molecule has 0 radical (unpaired) electrons. The number of halogens is 1. The van der Waals surface area contributed by atoms with Gasteiger partial charge in [0.15, 0.2) is 5.82 Å². The predicted octanol–water partition coefficient (Wildman–Crippen LogP) is 3.59. The van der Waals surface area contributed by atoms with Gasteiger partial charge in [0.1, 0.15) is 0 Å². The number of pyridine rings is 1. The molecule has 23 heavy (non-hydrogen) atoms. The van der Waals surface area contributed by atoms with Gasteiger partial charge in [0.2, 0.25) is 0 Å². The van der Waals surface area contributed by atoms with Crippen LogP contribution in [0, 0.1) is 5.82 Å². The van der Waals surface area contributed by atoms with Gasteiger partial charge in [-0.25, -0.2) is 4.39 Å². The number of ether oxygens (including phenoxy) is 1. The van der Waals surface area contributed by atoms with Crippen molar-refractivity contribution < 1.29 is 9.13 Å². The van der Waals surface area contributed by atoms with Crippen LogP contribution in [-0.4, -0.2) is 29.3 Å². The number of fused-ring (bicyclic) bond motifs is 1. The first-order valence-electron chi connectivity index (χ1n) is 8.57. The average Bonchev–Trinajstić information content (AvgIpc) is 3.30. The highest BCUT2D eigenvalue weighted by molar-refractivity contribution is 5.83. The number of nitrogens with one attached hydrogen (secondary N) is 1. The van der Waals surface area contributed by atoms with Crippen LogP contribution in [0.5, 0.6) is 0 Å². The molecule has 3 rings (SSSR count). The molecule has 1 unspecified atom stereocenters. The Hall–Kier alpha value is -1.46. The zero-order chi connectivity index (χ0) is 16.4. The number of aromatic nitrogens is 2. The van der Waals surface area contributed by atoms with Crippen molar-refractivity contribution in [1.29, 1.82) is 0 Å². The molecule has 2 heterocycles. The molecule has 0 saturated heterocycles. The standard InChI is InChI=1S/C18H26FN3O/c1-4-15-18-14(19)11-22(8-5-9-23-3)17(18)10-16(21-15)12(2)20-13-6-7-13/h10-13,20H,4-9H2,1-3H3. The molecule has 0 aliphatic heterocycles. The summed E-state index contributed by atoms with van der Waals surface area (Å²) in [5.74, 6) is -0.170. The molecule has 1 aliphatic rings. The number of aryl methyl sites for hydroxylation is 2. The minimum Gasteiger partial charge on any atom is -0.385 e. The van der Waals surface area contributed by atoms with Crippen LogP contribution in [0.15, 0.2) is 12.3 Å². The van der Waals surface area contributed by atoms with E-state index in [1.165, 1.54) is 12.8 Å². The second kappa shape index (κ2) is 6.97. The molecular weight excluding hydrogens is 293 g/mol. The maximum Gasteiger partial charge on any atom is 0.150 e. The van der Waals surface area contributed by atoms with Gasteiger partial charge in [-0.2, -0.15) is 0 Å². The number of rotatable bonds is 8. The third kappa shape index (κ3) is 3.56. The van der Waals surface area contributed by atoms with E-state index in [4.69, 9.17) is 9.72 Å². The van der Waals surface area contributed by atoms with Gasteiger partial charge in [-0.3, -0.25) is 4.98 Å². The molecule has 1 fully saturated rings. The van der Waals surface area contributed by atoms with E-state index >= 15 is 0 Å². The molecule has 5 heteroatoms. The van der Waals surface area contributed by atoms with Gasteiger partial charge in [-0.15, -0.1) is 0 Å². The number of nitrogens with zero attached hydrogens (tertiary/aromatic N) is 2. The third-order valence-electron chi connectivity index (χ3n) is 4.50. The Bertz CT molecular complexity index is 678. The Morgan fingerprint density at radius 2 is 2.26 bits per heavy atom. The fourth-order valence-corrected chi connectivity index (χ4v) is 3.09. The first-order chi connectivity index (χ1) is 11.1. The summed E-state index contributed by atoms with van der Waals surface area (Å²) < 4.78 is 21.5. The zero-order valence-electron chi connectivity index (χ0n) is 14.2. The van der Waals surface area contributed by atoms with Crippen LogP contribution in [-0.2, 0) is 17.7 Å². The van der Waals surface area contributed by atoms with E-state index in [1.807, 2.05) is 17.6 Å². The van der Waals surface area contributed by atoms with E-state index in [-0.39, 0.29) is 11.9 Å². The van der Waals surface area contributed by atoms with Crippen LogP contribution in [0.2, 0.25) is 0 Å². The first kappa shape index (κ1) is 16.4. The summed E-state index contributed by atoms with van der Waals surface area (Å²) in [6.07, 6.45) is 5.70. The summed E-state index contributed by atoms with van der Waals surface area (Å²) in [7, 11) is 1.69. The van der Waals surface area contributed by atoms with E-state index in [2.05, 4.69) is 12.2 Å². The van der Waals surface area contributed by atoms with Crippen LogP contribution in [0.3, 0.4) is 0 Å². The second-order valence-electron chi connectivity index (χ2n) is 6.42. The van der Waals surface area contributed by atoms with Gasteiger partial charge in [0.05, 0.1) is 22.3 Å². The summed E-state index contributed by atoms with van der Waals surface area (Å²) in [5, 5.41) is 4.25. The first-order valence-corrected chi connectivity index (χ1v) is 8.57. The van der Waals surface area contributed by atoms with Crippen molar-refractivity contribution in [2.24, 2.45) is 0 Å². The van der Waals surface area contributed by atoms with Crippen molar-refractivity contribution in [3.05, 3.63) is 29.5 Å². The van der Waals surface area contributed by atoms with E-state index in [1.54, 1.807) is 13.3 Å². The van der Waals surface area contributed by atoms with Crippen LogP contribution < -0.4 is 5.32 Å². The van der Waals surface area contributed by atoms with Crippen LogP contribution >= 0.6 is 0 Å². The highest BCUT2D eigenvalue weighted by Crippen LogP contribution is 2.28. The molecule has 1 saturated carbocycles. The maximum absolute atomic E-state index is 14.4. The van der Waals surface area contributed by atoms with Crippen molar-refractivity contribution in [2.45, 2.75) is 58.2 Å². The average molecular weight is 319 g/mol. The number of hydrogen-bond donors (Lipinski definition) is 1. The van der Waals surface area contributed by atoms with Gasteiger partial charge in [-0.1, -0.05) is 6.92 Å². The van der Waals surface area contributed by atoms with Gasteiger partial charge < -0.3 is 14.6 Å². The Morgan fingerprint density at radius 1 is 1.48 bits per heavy atom. The summed E-state index contributed by atoms with van der Waals surface area (Å²) in [5.41, 5.74) is 2.81. The van der Waals surface area contributed by atoms with Crippen molar-refractivity contribution in [1.82, 2.24) is 14.9 Å². The Morgan fingerprint density at radius 3 is 2.91 bits per heavy atom. The summed E-state index contributed by atoms with van der Waals surface area (Å²) in [6.45, 7) is 5.61. The second-order valence-corrected chi connectivity index (χ2v) is 6.42. The fourth-order valence-electron chi connectivity index (χ4n) is 3.09. The molecule has 2 aromatic rings. The molecule has 1 aliphatic carbocycles. The molecule has 0 aromatic carbocycles. The molecule has 1 atom stereocenters. The number of hydrogen-bond acceptors (Lipinski definition) is 3. The topological polar surface area (TPSA) is 39.1 Å². The molecule has 0 bridgehead atoms. The van der Waals surface area contributed by atoms with Crippen LogP contribution in [0.4, 0.5) is 4.39 Å². The molecular formula is C18H26FN3O.